The van der Waals surface area contributed by atoms with Crippen LogP contribution in [-0.4, -0.2) is 30.7 Å². The average molecular weight is 208 g/mol. The highest BCUT2D eigenvalue weighted by Crippen LogP contribution is 2.22. The Balaban J connectivity index is 2.50. The van der Waals surface area contributed by atoms with Crippen molar-refractivity contribution >= 4 is 11.7 Å². The molecule has 7 nitrogen and oxygen atoms in total. The zero-order chi connectivity index (χ0) is 11.0. The summed E-state index contributed by atoms with van der Waals surface area (Å²) < 4.78 is 0.712. The van der Waals surface area contributed by atoms with E-state index < -0.39 is 5.91 Å². The maximum absolute atomic E-state index is 11.7. The lowest BCUT2D eigenvalue weighted by molar-refractivity contribution is 0.0938. The van der Waals surface area contributed by atoms with Crippen LogP contribution >= 0.6 is 0 Å². The van der Waals surface area contributed by atoms with Crippen molar-refractivity contribution in [3.8, 4) is 11.8 Å². The third kappa shape index (κ3) is 1.30. The average Bonchev–Trinajstić information content (AvgIpc) is 2.73. The van der Waals surface area contributed by atoms with Crippen molar-refractivity contribution in [3.63, 3.8) is 0 Å². The van der Waals surface area contributed by atoms with Gasteiger partial charge in [0, 0.05) is 12.1 Å². The van der Waals surface area contributed by atoms with Crippen molar-refractivity contribution in [2.24, 2.45) is 0 Å². The first-order chi connectivity index (χ1) is 7.11. The lowest BCUT2D eigenvalue weighted by Crippen LogP contribution is -2.13. The third-order valence-corrected chi connectivity index (χ3v) is 1.93. The Hall–Kier alpha value is -2.44. The fourth-order valence-electron chi connectivity index (χ4n) is 1.21. The van der Waals surface area contributed by atoms with Crippen LogP contribution in [0.25, 0.3) is 0 Å². The molecule has 0 atom stereocenters. The van der Waals surface area contributed by atoms with Gasteiger partial charge in [-0.05, 0) is 0 Å². The molecular formula is C8H8N4O3. The van der Waals surface area contributed by atoms with E-state index in [1.807, 2.05) is 0 Å². The van der Waals surface area contributed by atoms with Crippen molar-refractivity contribution in [1.29, 1.82) is 0 Å². The second kappa shape index (κ2) is 3.05. The van der Waals surface area contributed by atoms with Gasteiger partial charge in [-0.15, -0.1) is 0 Å². The van der Waals surface area contributed by atoms with Gasteiger partial charge in [-0.2, -0.15) is 0 Å². The van der Waals surface area contributed by atoms with Gasteiger partial charge in [0.15, 0.2) is 5.82 Å². The molecule has 0 saturated heterocycles. The molecule has 0 aromatic carbocycles. The highest BCUT2D eigenvalue weighted by molar-refractivity contribution is 5.99. The van der Waals surface area contributed by atoms with E-state index in [0.29, 0.717) is 4.57 Å². The van der Waals surface area contributed by atoms with Gasteiger partial charge >= 0.3 is 0 Å². The zero-order valence-corrected chi connectivity index (χ0v) is 7.51. The summed E-state index contributed by atoms with van der Waals surface area (Å²) in [5.41, 5.74) is 5.42. The van der Waals surface area contributed by atoms with Crippen molar-refractivity contribution in [3.05, 3.63) is 24.2 Å². The minimum absolute atomic E-state index is 0.00694. The number of hydrogen-bond acceptors (Lipinski definition) is 5. The van der Waals surface area contributed by atoms with Crippen LogP contribution < -0.4 is 5.73 Å². The molecule has 2 heterocycles. The monoisotopic (exact) mass is 208 g/mol. The van der Waals surface area contributed by atoms with E-state index in [1.54, 1.807) is 0 Å². The molecule has 78 valence electrons. The minimum atomic E-state index is -0.676. The van der Waals surface area contributed by atoms with Gasteiger partial charge in [-0.1, -0.05) is 0 Å². The molecule has 2 aromatic heterocycles. The van der Waals surface area contributed by atoms with Crippen molar-refractivity contribution in [2.45, 2.75) is 0 Å². The molecule has 15 heavy (non-hydrogen) atoms. The fourth-order valence-corrected chi connectivity index (χ4v) is 1.21. The fraction of sp³-hybridized carbons (Fsp3) is 0. The SMILES string of the molecule is Nc1nc[nH]c1C(=O)n1c(O)ccc1O. The Morgan fingerprint density at radius 1 is 1.40 bits per heavy atom. The number of rotatable bonds is 1. The van der Waals surface area contributed by atoms with Crippen molar-refractivity contribution < 1.29 is 15.0 Å². The number of nitrogens with one attached hydrogen (secondary N) is 1. The summed E-state index contributed by atoms with van der Waals surface area (Å²) in [4.78, 5) is 17.9. The number of nitrogen functional groups attached to an aromatic ring is 1. The second-order valence-corrected chi connectivity index (χ2v) is 2.85. The van der Waals surface area contributed by atoms with Crippen LogP contribution in [0.4, 0.5) is 5.82 Å². The molecule has 2 rings (SSSR count). The predicted molar refractivity (Wildman–Crippen MR) is 50.5 cm³/mol. The number of aromatic nitrogens is 3. The first-order valence-electron chi connectivity index (χ1n) is 4.04. The predicted octanol–water partition coefficient (Wildman–Crippen LogP) is -0.107. The van der Waals surface area contributed by atoms with Crippen LogP contribution in [0.5, 0.6) is 11.8 Å². The van der Waals surface area contributed by atoms with Gasteiger partial charge in [-0.25, -0.2) is 9.55 Å². The first-order valence-corrected chi connectivity index (χ1v) is 4.04. The summed E-state index contributed by atoms with van der Waals surface area (Å²) in [5, 5.41) is 18.6. The number of anilines is 1. The molecule has 0 unspecified atom stereocenters. The maximum atomic E-state index is 11.7. The molecule has 0 spiro atoms. The van der Waals surface area contributed by atoms with Crippen LogP contribution in [0, 0.1) is 0 Å². The number of carbonyl (C=O) groups is 1. The van der Waals surface area contributed by atoms with Crippen LogP contribution in [0.2, 0.25) is 0 Å². The number of carbonyl (C=O) groups excluding carboxylic acids is 1. The summed E-state index contributed by atoms with van der Waals surface area (Å²) in [5.74, 6) is -1.41. The topological polar surface area (TPSA) is 117 Å². The molecule has 0 aliphatic carbocycles. The van der Waals surface area contributed by atoms with E-state index in [0.717, 1.165) is 0 Å². The molecule has 0 fully saturated rings. The highest BCUT2D eigenvalue weighted by atomic mass is 16.3. The first kappa shape index (κ1) is 9.13. The van der Waals surface area contributed by atoms with Gasteiger partial charge in [0.05, 0.1) is 6.33 Å². The van der Waals surface area contributed by atoms with Gasteiger partial charge in [0.1, 0.15) is 5.69 Å². The Kier molecular flexibility index (Phi) is 1.86. The maximum Gasteiger partial charge on any atom is 0.287 e. The number of nitrogens with two attached hydrogens (primary N) is 1. The van der Waals surface area contributed by atoms with Gasteiger partial charge < -0.3 is 20.9 Å². The molecular weight excluding hydrogens is 200 g/mol. The smallest absolute Gasteiger partial charge is 0.287 e. The Labute approximate surface area is 83.8 Å². The lowest BCUT2D eigenvalue weighted by Gasteiger charge is -2.03. The third-order valence-electron chi connectivity index (χ3n) is 1.93. The molecule has 0 aliphatic heterocycles. The van der Waals surface area contributed by atoms with Crippen LogP contribution in [-0.2, 0) is 0 Å². The Bertz CT molecular complexity index is 494. The van der Waals surface area contributed by atoms with Crippen molar-refractivity contribution in [1.82, 2.24) is 14.5 Å². The van der Waals surface area contributed by atoms with E-state index in [-0.39, 0.29) is 23.3 Å². The van der Waals surface area contributed by atoms with Crippen LogP contribution in [0.1, 0.15) is 10.5 Å². The minimum Gasteiger partial charge on any atom is -0.494 e. The summed E-state index contributed by atoms with van der Waals surface area (Å²) in [7, 11) is 0. The number of nitrogens with zero attached hydrogens (tertiary/aromatic N) is 2. The number of aromatic amines is 1. The summed E-state index contributed by atoms with van der Waals surface area (Å²) in [6, 6.07) is 2.39. The molecule has 0 aliphatic rings. The van der Waals surface area contributed by atoms with E-state index in [1.165, 1.54) is 18.5 Å². The normalized spacial score (nSPS) is 10.4. The van der Waals surface area contributed by atoms with E-state index in [9.17, 15) is 15.0 Å². The summed E-state index contributed by atoms with van der Waals surface area (Å²) in [6.45, 7) is 0. The molecule has 0 radical (unpaired) electrons. The van der Waals surface area contributed by atoms with Gasteiger partial charge in [-0.3, -0.25) is 4.79 Å². The molecule has 0 bridgehead atoms. The van der Waals surface area contributed by atoms with Crippen molar-refractivity contribution in [2.75, 3.05) is 5.73 Å². The van der Waals surface area contributed by atoms with E-state index >= 15 is 0 Å². The van der Waals surface area contributed by atoms with E-state index in [2.05, 4.69) is 9.97 Å². The number of imidazole rings is 1. The van der Waals surface area contributed by atoms with Gasteiger partial charge in [0.25, 0.3) is 5.91 Å². The number of H-pyrrole nitrogens is 1. The molecule has 7 heteroatoms. The van der Waals surface area contributed by atoms with Crippen LogP contribution in [0.15, 0.2) is 18.5 Å². The van der Waals surface area contributed by atoms with Crippen LogP contribution in [0.3, 0.4) is 0 Å². The number of hydrogen-bond donors (Lipinski definition) is 4. The summed E-state index contributed by atoms with van der Waals surface area (Å²) >= 11 is 0. The zero-order valence-electron chi connectivity index (χ0n) is 7.51. The number of aromatic hydroxyl groups is 2. The Morgan fingerprint density at radius 2 is 2.00 bits per heavy atom. The standard InChI is InChI=1S/C8H8N4O3/c9-7-6(10-3-11-7)8(15)12-4(13)1-2-5(12)14/h1-3,13-14H,9H2,(H,10,11). The van der Waals surface area contributed by atoms with E-state index in [4.69, 9.17) is 5.73 Å². The summed E-state index contributed by atoms with van der Waals surface area (Å²) in [6.07, 6.45) is 1.25. The largest absolute Gasteiger partial charge is 0.494 e. The Morgan fingerprint density at radius 3 is 2.47 bits per heavy atom. The highest BCUT2D eigenvalue weighted by Gasteiger charge is 2.19. The molecule has 0 amide bonds. The van der Waals surface area contributed by atoms with Gasteiger partial charge in [0.2, 0.25) is 11.8 Å². The molecule has 2 aromatic rings. The second-order valence-electron chi connectivity index (χ2n) is 2.85. The lowest BCUT2D eigenvalue weighted by atomic mass is 10.4. The molecule has 0 saturated carbocycles. The quantitative estimate of drug-likeness (QED) is 0.521. The molecule has 5 N–H and O–H groups in total.